The average Bonchev–Trinajstić information content (AvgIpc) is 2.62. The summed E-state index contributed by atoms with van der Waals surface area (Å²) in [4.78, 5) is 0. The predicted molar refractivity (Wildman–Crippen MR) is 46.3 cm³/mol. The fourth-order valence-electron chi connectivity index (χ4n) is 1.54. The van der Waals surface area contributed by atoms with Crippen LogP contribution in [0.2, 0.25) is 0 Å². The van der Waals surface area contributed by atoms with Crippen molar-refractivity contribution in [2.45, 2.75) is 5.92 Å². The van der Waals surface area contributed by atoms with E-state index >= 15 is 0 Å². The Balaban J connectivity index is 2.25. The summed E-state index contributed by atoms with van der Waals surface area (Å²) >= 11 is 0. The lowest BCUT2D eigenvalue weighted by Crippen LogP contribution is -2.08. The van der Waals surface area contributed by atoms with Gasteiger partial charge in [-0.15, -0.1) is 0 Å². The van der Waals surface area contributed by atoms with E-state index < -0.39 is 11.6 Å². The number of rotatable bonds is 1. The van der Waals surface area contributed by atoms with E-state index in [9.17, 15) is 8.78 Å². The van der Waals surface area contributed by atoms with Crippen molar-refractivity contribution in [3.8, 4) is 0 Å². The Morgan fingerprint density at radius 2 is 2.08 bits per heavy atom. The first-order valence-corrected chi connectivity index (χ1v) is 4.26. The second-order valence-corrected chi connectivity index (χ2v) is 3.17. The molecule has 1 aromatic rings. The van der Waals surface area contributed by atoms with Gasteiger partial charge < -0.3 is 5.32 Å². The maximum absolute atomic E-state index is 12.8. The third kappa shape index (κ3) is 1.70. The van der Waals surface area contributed by atoms with Crippen molar-refractivity contribution in [3.63, 3.8) is 0 Å². The molecule has 1 atom stereocenters. The molecule has 3 heteroatoms. The summed E-state index contributed by atoms with van der Waals surface area (Å²) in [6.45, 7) is 1.65. The Morgan fingerprint density at radius 3 is 2.69 bits per heavy atom. The molecule has 0 spiro atoms. The Labute approximate surface area is 75.8 Å². The Hall–Kier alpha value is -0.960. The molecule has 0 aromatic heterocycles. The zero-order valence-corrected chi connectivity index (χ0v) is 7.06. The zero-order chi connectivity index (χ0) is 9.26. The van der Waals surface area contributed by atoms with Crippen molar-refractivity contribution >= 4 is 0 Å². The van der Waals surface area contributed by atoms with Gasteiger partial charge in [-0.25, -0.2) is 8.78 Å². The highest BCUT2D eigenvalue weighted by Gasteiger charge is 2.17. The lowest BCUT2D eigenvalue weighted by Gasteiger charge is -2.07. The van der Waals surface area contributed by atoms with Gasteiger partial charge in [0.15, 0.2) is 11.6 Å². The third-order valence-electron chi connectivity index (χ3n) is 2.28. The molecule has 13 heavy (non-hydrogen) atoms. The van der Waals surface area contributed by atoms with Gasteiger partial charge in [0.1, 0.15) is 0 Å². The maximum Gasteiger partial charge on any atom is 0.159 e. The van der Waals surface area contributed by atoms with Crippen LogP contribution in [0.1, 0.15) is 11.5 Å². The topological polar surface area (TPSA) is 12.0 Å². The number of halogens is 2. The monoisotopic (exact) mass is 182 g/mol. The summed E-state index contributed by atoms with van der Waals surface area (Å²) in [7, 11) is 0. The molecule has 0 bridgehead atoms. The smallest absolute Gasteiger partial charge is 0.159 e. The van der Waals surface area contributed by atoms with Gasteiger partial charge in [0.2, 0.25) is 0 Å². The number of hydrogen-bond acceptors (Lipinski definition) is 1. The molecule has 0 aliphatic carbocycles. The highest BCUT2D eigenvalue weighted by Crippen LogP contribution is 2.22. The van der Waals surface area contributed by atoms with Crippen molar-refractivity contribution in [2.24, 2.45) is 0 Å². The van der Waals surface area contributed by atoms with Gasteiger partial charge >= 0.3 is 0 Å². The molecule has 0 saturated carbocycles. The molecule has 1 aliphatic rings. The summed E-state index contributed by atoms with van der Waals surface area (Å²) in [5, 5.41) is 3.13. The van der Waals surface area contributed by atoms with E-state index in [-0.39, 0.29) is 5.92 Å². The predicted octanol–water partition coefficient (Wildman–Crippen LogP) is 1.86. The average molecular weight is 182 g/mol. The first kappa shape index (κ1) is 8.63. The molecule has 1 nitrogen and oxygen atoms in total. The summed E-state index contributed by atoms with van der Waals surface area (Å²) in [5.74, 6) is -1.33. The number of hydrogen-bond donors (Lipinski definition) is 1. The van der Waals surface area contributed by atoms with E-state index in [1.807, 2.05) is 0 Å². The maximum atomic E-state index is 12.8. The first-order valence-electron chi connectivity index (χ1n) is 4.26. The lowest BCUT2D eigenvalue weighted by molar-refractivity contribution is 0.506. The van der Waals surface area contributed by atoms with Gasteiger partial charge in [0.05, 0.1) is 0 Å². The van der Waals surface area contributed by atoms with Gasteiger partial charge in [-0.1, -0.05) is 6.07 Å². The van der Waals surface area contributed by atoms with Crippen LogP contribution in [0, 0.1) is 18.1 Å². The Kier molecular flexibility index (Phi) is 2.27. The third-order valence-corrected chi connectivity index (χ3v) is 2.28. The first-order chi connectivity index (χ1) is 6.27. The van der Waals surface area contributed by atoms with Gasteiger partial charge in [-0.3, -0.25) is 0 Å². The molecule has 1 N–H and O–H groups in total. The second-order valence-electron chi connectivity index (χ2n) is 3.17. The standard InChI is InChI=1S/C10H10F2N/c11-9-2-1-7(5-10(9)12)8-3-4-13-6-8/h1-3,5,8,13H,4,6H2. The summed E-state index contributed by atoms with van der Waals surface area (Å²) in [5.41, 5.74) is 0.837. The molecular formula is C10H10F2N. The van der Waals surface area contributed by atoms with Crippen LogP contribution in [-0.2, 0) is 0 Å². The van der Waals surface area contributed by atoms with E-state index in [0.29, 0.717) is 0 Å². The fourth-order valence-corrected chi connectivity index (χ4v) is 1.54. The summed E-state index contributed by atoms with van der Waals surface area (Å²) in [6.07, 6.45) is 2.06. The number of nitrogens with one attached hydrogen (secondary N) is 1. The SMILES string of the molecule is Fc1ccc(C2[CH]CNC2)cc1F. The van der Waals surface area contributed by atoms with Gasteiger partial charge in [-0.2, -0.15) is 0 Å². The molecule has 1 unspecified atom stereocenters. The fraction of sp³-hybridized carbons (Fsp3) is 0.300. The molecule has 0 amide bonds. The quantitative estimate of drug-likeness (QED) is 0.699. The summed E-state index contributed by atoms with van der Waals surface area (Å²) in [6, 6.07) is 4.08. The molecule has 1 aromatic carbocycles. The highest BCUT2D eigenvalue weighted by atomic mass is 19.2. The van der Waals surface area contributed by atoms with E-state index in [0.717, 1.165) is 18.7 Å². The van der Waals surface area contributed by atoms with Crippen LogP contribution < -0.4 is 5.32 Å². The Morgan fingerprint density at radius 1 is 1.23 bits per heavy atom. The molecule has 1 heterocycles. The minimum atomic E-state index is -0.783. The van der Waals surface area contributed by atoms with E-state index in [4.69, 9.17) is 0 Å². The molecular weight excluding hydrogens is 172 g/mol. The van der Waals surface area contributed by atoms with Crippen molar-refractivity contribution in [1.29, 1.82) is 0 Å². The van der Waals surface area contributed by atoms with Crippen LogP contribution in [0.15, 0.2) is 18.2 Å². The van der Waals surface area contributed by atoms with Crippen molar-refractivity contribution < 1.29 is 8.78 Å². The minimum absolute atomic E-state index is 0.218. The van der Waals surface area contributed by atoms with Crippen LogP contribution in [-0.4, -0.2) is 13.1 Å². The van der Waals surface area contributed by atoms with Crippen LogP contribution in [0.3, 0.4) is 0 Å². The van der Waals surface area contributed by atoms with Gasteiger partial charge in [0.25, 0.3) is 0 Å². The molecule has 2 rings (SSSR count). The van der Waals surface area contributed by atoms with E-state index in [1.54, 1.807) is 6.07 Å². The summed E-state index contributed by atoms with van der Waals surface area (Å²) < 4.78 is 25.4. The van der Waals surface area contributed by atoms with Crippen LogP contribution in [0.25, 0.3) is 0 Å². The zero-order valence-electron chi connectivity index (χ0n) is 7.06. The van der Waals surface area contributed by atoms with Crippen LogP contribution >= 0.6 is 0 Å². The van der Waals surface area contributed by atoms with E-state index in [2.05, 4.69) is 11.7 Å². The highest BCUT2D eigenvalue weighted by molar-refractivity contribution is 5.26. The second kappa shape index (κ2) is 3.42. The molecule has 1 fully saturated rings. The largest absolute Gasteiger partial charge is 0.316 e. The van der Waals surface area contributed by atoms with Crippen molar-refractivity contribution in [1.82, 2.24) is 5.32 Å². The normalized spacial score (nSPS) is 22.2. The van der Waals surface area contributed by atoms with E-state index in [1.165, 1.54) is 12.1 Å². The van der Waals surface area contributed by atoms with Crippen molar-refractivity contribution in [2.75, 3.05) is 13.1 Å². The molecule has 69 valence electrons. The van der Waals surface area contributed by atoms with Crippen LogP contribution in [0.4, 0.5) is 8.78 Å². The number of benzene rings is 1. The van der Waals surface area contributed by atoms with Crippen LogP contribution in [0.5, 0.6) is 0 Å². The molecule has 1 aliphatic heterocycles. The minimum Gasteiger partial charge on any atom is -0.316 e. The molecule has 1 saturated heterocycles. The van der Waals surface area contributed by atoms with Crippen molar-refractivity contribution in [3.05, 3.63) is 41.8 Å². The van der Waals surface area contributed by atoms with Gasteiger partial charge in [0, 0.05) is 12.5 Å². The molecule has 1 radical (unpaired) electrons. The van der Waals surface area contributed by atoms with Gasteiger partial charge in [-0.05, 0) is 30.7 Å². The lowest BCUT2D eigenvalue weighted by atomic mass is 9.98. The Bertz CT molecular complexity index is 306.